The molecule has 4 heteroatoms. The van der Waals surface area contributed by atoms with E-state index in [1.807, 2.05) is 36.4 Å². The highest BCUT2D eigenvalue weighted by atomic mass is 35.5. The zero-order valence-corrected chi connectivity index (χ0v) is 11.0. The van der Waals surface area contributed by atoms with Crippen LogP contribution in [0.4, 0.5) is 5.69 Å². The Morgan fingerprint density at radius 3 is 2.63 bits per heavy atom. The Balaban J connectivity index is 1.76. The van der Waals surface area contributed by atoms with Gasteiger partial charge in [-0.05, 0) is 36.2 Å². The van der Waals surface area contributed by atoms with Crippen LogP contribution in [0.2, 0.25) is 5.02 Å². The summed E-state index contributed by atoms with van der Waals surface area (Å²) in [4.78, 5) is 4.44. The number of aromatic nitrogens is 1. The molecule has 2 aromatic carbocycles. The maximum absolute atomic E-state index is 5.92. The number of fused-ring (bicyclic) bond motifs is 1. The summed E-state index contributed by atoms with van der Waals surface area (Å²) in [7, 11) is 0. The molecule has 96 valence electrons. The predicted molar refractivity (Wildman–Crippen MR) is 77.3 cm³/mol. The smallest absolute Gasteiger partial charge is 0.195 e. The van der Waals surface area contributed by atoms with Crippen LogP contribution in [0.15, 0.2) is 46.9 Å². The molecule has 0 radical (unpaired) electrons. The normalized spacial score (nSPS) is 11.0. The minimum Gasteiger partial charge on any atom is -0.441 e. The molecule has 0 aliphatic rings. The van der Waals surface area contributed by atoms with E-state index in [2.05, 4.69) is 4.98 Å². The lowest BCUT2D eigenvalue weighted by atomic mass is 10.1. The molecule has 0 spiro atoms. The van der Waals surface area contributed by atoms with Crippen molar-refractivity contribution in [3.8, 4) is 0 Å². The maximum atomic E-state index is 5.92. The fourth-order valence-electron chi connectivity index (χ4n) is 1.99. The Hall–Kier alpha value is -2.00. The van der Waals surface area contributed by atoms with Crippen LogP contribution in [0, 0.1) is 0 Å². The average molecular weight is 273 g/mol. The SMILES string of the molecule is Nc1ccc(CCc2nc3ccc(Cl)cc3o2)cc1. The molecule has 2 N–H and O–H groups in total. The molecule has 0 aliphatic carbocycles. The topological polar surface area (TPSA) is 52.0 Å². The van der Waals surface area contributed by atoms with Crippen LogP contribution in [-0.2, 0) is 12.8 Å². The number of nitrogens with zero attached hydrogens (tertiary/aromatic N) is 1. The molecule has 0 atom stereocenters. The van der Waals surface area contributed by atoms with Gasteiger partial charge in [0.25, 0.3) is 0 Å². The van der Waals surface area contributed by atoms with Crippen molar-refractivity contribution in [3.63, 3.8) is 0 Å². The van der Waals surface area contributed by atoms with Gasteiger partial charge in [-0.15, -0.1) is 0 Å². The Morgan fingerprint density at radius 2 is 1.84 bits per heavy atom. The lowest BCUT2D eigenvalue weighted by Gasteiger charge is -1.99. The second-order valence-electron chi connectivity index (χ2n) is 4.46. The molecule has 1 heterocycles. The Bertz CT molecular complexity index is 704. The third-order valence-electron chi connectivity index (χ3n) is 3.00. The number of aryl methyl sites for hydroxylation is 2. The van der Waals surface area contributed by atoms with Crippen LogP contribution in [0.5, 0.6) is 0 Å². The number of anilines is 1. The van der Waals surface area contributed by atoms with Crippen LogP contribution >= 0.6 is 11.6 Å². The van der Waals surface area contributed by atoms with Crippen molar-refractivity contribution in [2.24, 2.45) is 0 Å². The third kappa shape index (κ3) is 2.71. The lowest BCUT2D eigenvalue weighted by Crippen LogP contribution is -1.92. The summed E-state index contributed by atoms with van der Waals surface area (Å²) in [6, 6.07) is 13.3. The first-order valence-electron chi connectivity index (χ1n) is 6.10. The van der Waals surface area contributed by atoms with Gasteiger partial charge < -0.3 is 10.2 Å². The van der Waals surface area contributed by atoms with E-state index in [0.29, 0.717) is 5.02 Å². The molecule has 0 amide bonds. The summed E-state index contributed by atoms with van der Waals surface area (Å²) in [6.45, 7) is 0. The van der Waals surface area contributed by atoms with Gasteiger partial charge in [-0.3, -0.25) is 0 Å². The Morgan fingerprint density at radius 1 is 1.05 bits per heavy atom. The van der Waals surface area contributed by atoms with E-state index in [0.717, 1.165) is 35.5 Å². The van der Waals surface area contributed by atoms with E-state index in [9.17, 15) is 0 Å². The standard InChI is InChI=1S/C15H13ClN2O/c16-11-4-7-13-14(9-11)19-15(18-13)8-3-10-1-5-12(17)6-2-10/h1-2,4-7,9H,3,8,17H2. The minimum atomic E-state index is 0.661. The first kappa shape index (κ1) is 12.1. The second-order valence-corrected chi connectivity index (χ2v) is 4.90. The highest BCUT2D eigenvalue weighted by Crippen LogP contribution is 2.21. The molecule has 19 heavy (non-hydrogen) atoms. The van der Waals surface area contributed by atoms with Gasteiger partial charge in [0, 0.05) is 23.2 Å². The van der Waals surface area contributed by atoms with E-state index < -0.39 is 0 Å². The molecule has 0 aliphatic heterocycles. The fourth-order valence-corrected chi connectivity index (χ4v) is 2.15. The van der Waals surface area contributed by atoms with Gasteiger partial charge in [0.05, 0.1) is 0 Å². The summed E-state index contributed by atoms with van der Waals surface area (Å²) in [5.74, 6) is 0.731. The maximum Gasteiger partial charge on any atom is 0.195 e. The largest absolute Gasteiger partial charge is 0.441 e. The molecular formula is C15H13ClN2O. The fraction of sp³-hybridized carbons (Fsp3) is 0.133. The van der Waals surface area contributed by atoms with Crippen molar-refractivity contribution in [3.05, 3.63) is 58.9 Å². The average Bonchev–Trinajstić information content (AvgIpc) is 2.80. The number of halogens is 1. The quantitative estimate of drug-likeness (QED) is 0.737. The molecule has 0 saturated carbocycles. The Labute approximate surface area is 116 Å². The zero-order valence-electron chi connectivity index (χ0n) is 10.3. The van der Waals surface area contributed by atoms with Crippen LogP contribution in [0.3, 0.4) is 0 Å². The van der Waals surface area contributed by atoms with Gasteiger partial charge >= 0.3 is 0 Å². The van der Waals surface area contributed by atoms with E-state index in [1.54, 1.807) is 6.07 Å². The molecule has 3 rings (SSSR count). The molecule has 0 saturated heterocycles. The minimum absolute atomic E-state index is 0.661. The summed E-state index contributed by atoms with van der Waals surface area (Å²) < 4.78 is 5.67. The number of hydrogen-bond donors (Lipinski definition) is 1. The number of benzene rings is 2. The first-order chi connectivity index (χ1) is 9.20. The highest BCUT2D eigenvalue weighted by molar-refractivity contribution is 6.31. The monoisotopic (exact) mass is 272 g/mol. The number of hydrogen-bond acceptors (Lipinski definition) is 3. The molecule has 1 aromatic heterocycles. The molecular weight excluding hydrogens is 260 g/mol. The van der Waals surface area contributed by atoms with Crippen LogP contribution in [-0.4, -0.2) is 4.98 Å². The molecule has 0 fully saturated rings. The summed E-state index contributed by atoms with van der Waals surface area (Å²) in [6.07, 6.45) is 1.64. The van der Waals surface area contributed by atoms with Gasteiger partial charge in [0.2, 0.25) is 0 Å². The third-order valence-corrected chi connectivity index (χ3v) is 3.24. The van der Waals surface area contributed by atoms with Crippen LogP contribution < -0.4 is 5.73 Å². The number of nitrogen functional groups attached to an aromatic ring is 1. The zero-order chi connectivity index (χ0) is 13.2. The Kier molecular flexibility index (Phi) is 3.13. The van der Waals surface area contributed by atoms with Crippen molar-refractivity contribution in [1.82, 2.24) is 4.98 Å². The van der Waals surface area contributed by atoms with Crippen molar-refractivity contribution in [2.45, 2.75) is 12.8 Å². The highest BCUT2D eigenvalue weighted by Gasteiger charge is 2.06. The van der Waals surface area contributed by atoms with Crippen LogP contribution in [0.25, 0.3) is 11.1 Å². The van der Waals surface area contributed by atoms with Gasteiger partial charge in [0.1, 0.15) is 5.52 Å². The van der Waals surface area contributed by atoms with Gasteiger partial charge in [0.15, 0.2) is 11.5 Å². The molecule has 0 unspecified atom stereocenters. The van der Waals surface area contributed by atoms with Crippen molar-refractivity contribution >= 4 is 28.4 Å². The van der Waals surface area contributed by atoms with Crippen molar-refractivity contribution in [2.75, 3.05) is 5.73 Å². The number of nitrogens with two attached hydrogens (primary N) is 1. The van der Waals surface area contributed by atoms with E-state index in [4.69, 9.17) is 21.8 Å². The number of oxazole rings is 1. The predicted octanol–water partition coefficient (Wildman–Crippen LogP) is 3.85. The van der Waals surface area contributed by atoms with E-state index in [1.165, 1.54) is 5.56 Å². The number of rotatable bonds is 3. The van der Waals surface area contributed by atoms with Crippen molar-refractivity contribution in [1.29, 1.82) is 0 Å². The summed E-state index contributed by atoms with van der Waals surface area (Å²) in [5.41, 5.74) is 9.23. The van der Waals surface area contributed by atoms with Crippen molar-refractivity contribution < 1.29 is 4.42 Å². The molecule has 3 aromatic rings. The molecule has 0 bridgehead atoms. The van der Waals surface area contributed by atoms with Gasteiger partial charge in [-0.1, -0.05) is 23.7 Å². The second kappa shape index (κ2) is 4.94. The summed E-state index contributed by atoms with van der Waals surface area (Å²) >= 11 is 5.92. The summed E-state index contributed by atoms with van der Waals surface area (Å²) in [5, 5.41) is 0.661. The van der Waals surface area contributed by atoms with Gasteiger partial charge in [-0.25, -0.2) is 4.98 Å². The van der Waals surface area contributed by atoms with Gasteiger partial charge in [-0.2, -0.15) is 0 Å². The molecule has 3 nitrogen and oxygen atoms in total. The lowest BCUT2D eigenvalue weighted by molar-refractivity contribution is 0.528. The van der Waals surface area contributed by atoms with Crippen LogP contribution in [0.1, 0.15) is 11.5 Å². The van der Waals surface area contributed by atoms with E-state index in [-0.39, 0.29) is 0 Å². The van der Waals surface area contributed by atoms with E-state index >= 15 is 0 Å². The first-order valence-corrected chi connectivity index (χ1v) is 6.48.